The zero-order chi connectivity index (χ0) is 14.7. The predicted octanol–water partition coefficient (Wildman–Crippen LogP) is 4.79. The molecule has 0 heterocycles. The Morgan fingerprint density at radius 2 is 1.90 bits per heavy atom. The van der Waals surface area contributed by atoms with Crippen molar-refractivity contribution in [2.24, 2.45) is 0 Å². The number of anilines is 1. The normalized spacial score (nSPS) is 10.4. The first-order valence-electron chi connectivity index (χ1n) is 6.27. The average molecular weight is 308 g/mol. The molecule has 0 spiro atoms. The summed E-state index contributed by atoms with van der Waals surface area (Å²) in [6.07, 6.45) is 0.226. The fourth-order valence-electron chi connectivity index (χ4n) is 1.92. The maximum atomic E-state index is 12.1. The SMILES string of the molecule is Cc1cccc(NC(=O)Cc2ccc(Cl)cc2Cl)c1C. The number of amides is 1. The van der Waals surface area contributed by atoms with E-state index in [1.165, 1.54) is 0 Å². The van der Waals surface area contributed by atoms with Crippen LogP contribution in [-0.4, -0.2) is 5.91 Å². The van der Waals surface area contributed by atoms with Gasteiger partial charge in [-0.3, -0.25) is 4.79 Å². The lowest BCUT2D eigenvalue weighted by molar-refractivity contribution is -0.115. The summed E-state index contributed by atoms with van der Waals surface area (Å²) in [6.45, 7) is 4.00. The van der Waals surface area contributed by atoms with Gasteiger partial charge in [-0.1, -0.05) is 41.4 Å². The van der Waals surface area contributed by atoms with Crippen molar-refractivity contribution in [2.75, 3.05) is 5.32 Å². The highest BCUT2D eigenvalue weighted by molar-refractivity contribution is 6.35. The third kappa shape index (κ3) is 3.53. The Balaban J connectivity index is 2.11. The molecule has 2 aromatic carbocycles. The van der Waals surface area contributed by atoms with Gasteiger partial charge in [-0.2, -0.15) is 0 Å². The largest absolute Gasteiger partial charge is 0.326 e. The Hall–Kier alpha value is -1.51. The lowest BCUT2D eigenvalue weighted by Gasteiger charge is -2.11. The van der Waals surface area contributed by atoms with Crippen LogP contribution in [0.5, 0.6) is 0 Å². The van der Waals surface area contributed by atoms with E-state index in [0.29, 0.717) is 10.0 Å². The number of benzene rings is 2. The molecule has 0 saturated carbocycles. The van der Waals surface area contributed by atoms with Crippen molar-refractivity contribution in [3.05, 3.63) is 63.1 Å². The van der Waals surface area contributed by atoms with Gasteiger partial charge in [0.05, 0.1) is 6.42 Å². The Bertz CT molecular complexity index is 653. The number of carbonyl (C=O) groups excluding carboxylic acids is 1. The van der Waals surface area contributed by atoms with Gasteiger partial charge >= 0.3 is 0 Å². The second-order valence-corrected chi connectivity index (χ2v) is 5.55. The molecule has 0 aliphatic carbocycles. The minimum atomic E-state index is -0.0945. The fourth-order valence-corrected chi connectivity index (χ4v) is 2.39. The highest BCUT2D eigenvalue weighted by Crippen LogP contribution is 2.22. The highest BCUT2D eigenvalue weighted by Gasteiger charge is 2.09. The first-order valence-corrected chi connectivity index (χ1v) is 7.03. The van der Waals surface area contributed by atoms with Gasteiger partial charge in [0, 0.05) is 15.7 Å². The molecule has 2 aromatic rings. The smallest absolute Gasteiger partial charge is 0.228 e. The molecule has 104 valence electrons. The molecule has 2 nitrogen and oxygen atoms in total. The van der Waals surface area contributed by atoms with E-state index in [4.69, 9.17) is 23.2 Å². The van der Waals surface area contributed by atoms with Crippen LogP contribution in [-0.2, 0) is 11.2 Å². The number of hydrogen-bond acceptors (Lipinski definition) is 1. The van der Waals surface area contributed by atoms with Gasteiger partial charge in [-0.15, -0.1) is 0 Å². The summed E-state index contributed by atoms with van der Waals surface area (Å²) >= 11 is 11.9. The summed E-state index contributed by atoms with van der Waals surface area (Å²) in [7, 11) is 0. The van der Waals surface area contributed by atoms with E-state index in [2.05, 4.69) is 5.32 Å². The van der Waals surface area contributed by atoms with Gasteiger partial charge < -0.3 is 5.32 Å². The topological polar surface area (TPSA) is 29.1 Å². The maximum Gasteiger partial charge on any atom is 0.228 e. The van der Waals surface area contributed by atoms with Crippen molar-refractivity contribution in [3.63, 3.8) is 0 Å². The van der Waals surface area contributed by atoms with Crippen LogP contribution in [0, 0.1) is 13.8 Å². The van der Waals surface area contributed by atoms with Crippen molar-refractivity contribution in [2.45, 2.75) is 20.3 Å². The molecule has 20 heavy (non-hydrogen) atoms. The summed E-state index contributed by atoms with van der Waals surface area (Å²) < 4.78 is 0. The van der Waals surface area contributed by atoms with Gasteiger partial charge in [0.25, 0.3) is 0 Å². The molecule has 0 atom stereocenters. The second-order valence-electron chi connectivity index (χ2n) is 4.71. The van der Waals surface area contributed by atoms with Crippen molar-refractivity contribution in [1.29, 1.82) is 0 Å². The average Bonchev–Trinajstić information content (AvgIpc) is 2.38. The Kier molecular flexibility index (Phi) is 4.69. The minimum absolute atomic E-state index is 0.0945. The zero-order valence-electron chi connectivity index (χ0n) is 11.3. The highest BCUT2D eigenvalue weighted by atomic mass is 35.5. The van der Waals surface area contributed by atoms with Gasteiger partial charge in [0.15, 0.2) is 0 Å². The molecule has 4 heteroatoms. The van der Waals surface area contributed by atoms with E-state index in [1.807, 2.05) is 32.0 Å². The number of halogens is 2. The summed E-state index contributed by atoms with van der Waals surface area (Å²) in [4.78, 5) is 12.1. The second kappa shape index (κ2) is 6.29. The van der Waals surface area contributed by atoms with Gasteiger partial charge in [0.1, 0.15) is 0 Å². The van der Waals surface area contributed by atoms with Crippen molar-refractivity contribution < 1.29 is 4.79 Å². The predicted molar refractivity (Wildman–Crippen MR) is 84.7 cm³/mol. The molecular weight excluding hydrogens is 293 g/mol. The van der Waals surface area contributed by atoms with E-state index in [1.54, 1.807) is 18.2 Å². The van der Waals surface area contributed by atoms with Gasteiger partial charge in [-0.25, -0.2) is 0 Å². The lowest BCUT2D eigenvalue weighted by Crippen LogP contribution is -2.15. The molecule has 0 aliphatic rings. The van der Waals surface area contributed by atoms with Crippen molar-refractivity contribution >= 4 is 34.8 Å². The molecule has 1 amide bonds. The summed E-state index contributed by atoms with van der Waals surface area (Å²) in [6, 6.07) is 11.0. The van der Waals surface area contributed by atoms with Crippen LogP contribution in [0.1, 0.15) is 16.7 Å². The quantitative estimate of drug-likeness (QED) is 0.867. The summed E-state index contributed by atoms with van der Waals surface area (Å²) in [5, 5.41) is 3.98. The van der Waals surface area contributed by atoms with Crippen LogP contribution in [0.3, 0.4) is 0 Å². The monoisotopic (exact) mass is 307 g/mol. The molecule has 0 radical (unpaired) electrons. The van der Waals surface area contributed by atoms with Crippen LogP contribution in [0.25, 0.3) is 0 Å². The van der Waals surface area contributed by atoms with Crippen LogP contribution in [0.2, 0.25) is 10.0 Å². The van der Waals surface area contributed by atoms with E-state index in [-0.39, 0.29) is 12.3 Å². The zero-order valence-corrected chi connectivity index (χ0v) is 12.8. The number of rotatable bonds is 3. The van der Waals surface area contributed by atoms with Crippen LogP contribution in [0.4, 0.5) is 5.69 Å². The molecule has 0 bridgehead atoms. The summed E-state index contributed by atoms with van der Waals surface area (Å²) in [5.41, 5.74) is 3.81. The maximum absolute atomic E-state index is 12.1. The molecule has 0 aromatic heterocycles. The number of nitrogens with one attached hydrogen (secondary N) is 1. The van der Waals surface area contributed by atoms with Crippen LogP contribution < -0.4 is 5.32 Å². The standard InChI is InChI=1S/C16H15Cl2NO/c1-10-4-3-5-15(11(10)2)19-16(20)8-12-6-7-13(17)9-14(12)18/h3-7,9H,8H2,1-2H3,(H,19,20). The fraction of sp³-hybridized carbons (Fsp3) is 0.188. The third-order valence-corrected chi connectivity index (χ3v) is 3.83. The van der Waals surface area contributed by atoms with Gasteiger partial charge in [-0.05, 0) is 48.7 Å². The molecule has 0 fully saturated rings. The first kappa shape index (κ1) is 14.9. The van der Waals surface area contributed by atoms with E-state index in [0.717, 1.165) is 22.4 Å². The molecule has 1 N–H and O–H groups in total. The molecule has 0 saturated heterocycles. The Morgan fingerprint density at radius 1 is 1.15 bits per heavy atom. The minimum Gasteiger partial charge on any atom is -0.326 e. The number of carbonyl (C=O) groups is 1. The summed E-state index contributed by atoms with van der Waals surface area (Å²) in [5.74, 6) is -0.0945. The van der Waals surface area contributed by atoms with E-state index >= 15 is 0 Å². The third-order valence-electron chi connectivity index (χ3n) is 3.24. The first-order chi connectivity index (χ1) is 9.47. The molecule has 2 rings (SSSR count). The lowest BCUT2D eigenvalue weighted by atomic mass is 10.1. The Morgan fingerprint density at radius 3 is 2.60 bits per heavy atom. The molecule has 0 unspecified atom stereocenters. The Labute approximate surface area is 128 Å². The molecule has 0 aliphatic heterocycles. The van der Waals surface area contributed by atoms with E-state index < -0.39 is 0 Å². The molecular formula is C16H15Cl2NO. The van der Waals surface area contributed by atoms with Crippen molar-refractivity contribution in [1.82, 2.24) is 0 Å². The van der Waals surface area contributed by atoms with E-state index in [9.17, 15) is 4.79 Å². The van der Waals surface area contributed by atoms with Gasteiger partial charge in [0.2, 0.25) is 5.91 Å². The number of aryl methyl sites for hydroxylation is 1. The van der Waals surface area contributed by atoms with Crippen LogP contribution >= 0.6 is 23.2 Å². The van der Waals surface area contributed by atoms with Crippen molar-refractivity contribution in [3.8, 4) is 0 Å². The van der Waals surface area contributed by atoms with Crippen LogP contribution in [0.15, 0.2) is 36.4 Å². The number of hydrogen-bond donors (Lipinski definition) is 1.